The number of ketones is 3. The molecule has 0 spiro atoms. The van der Waals surface area contributed by atoms with Gasteiger partial charge in [0.1, 0.15) is 17.3 Å². The molecule has 0 rings (SSSR count). The molecule has 3 nitrogen and oxygen atoms in total. The Bertz CT molecular complexity index is 112. The van der Waals surface area contributed by atoms with Gasteiger partial charge in [0.15, 0.2) is 0 Å². The maximum Gasteiger partial charge on any atom is 0.126 e. The minimum Gasteiger partial charge on any atom is -0.300 e. The molecular weight excluding hydrogens is 319 g/mol. The van der Waals surface area contributed by atoms with Gasteiger partial charge in [-0.05, 0) is 41.5 Å². The van der Waals surface area contributed by atoms with E-state index in [1.165, 1.54) is 41.5 Å². The van der Waals surface area contributed by atoms with Crippen LogP contribution in [0.15, 0.2) is 0 Å². The summed E-state index contributed by atoms with van der Waals surface area (Å²) in [6.45, 7) is 9.17. The Morgan fingerprint density at radius 1 is 0.538 bits per heavy atom. The first kappa shape index (κ1) is 23.3. The van der Waals surface area contributed by atoms with Gasteiger partial charge in [0.25, 0.3) is 0 Å². The average Bonchev–Trinajstić information content (AvgIpc) is 1.54. The van der Waals surface area contributed by atoms with E-state index in [0.29, 0.717) is 0 Å². The van der Waals surface area contributed by atoms with Crippen LogP contribution in [0.25, 0.3) is 0 Å². The Hall–Kier alpha value is 0.283. The van der Waals surface area contributed by atoms with Crippen LogP contribution in [0.3, 0.4) is 0 Å². The SMILES string of the molecule is CC(C)=O.CC(C)=O.CC(C)=O.[Dy]. The van der Waals surface area contributed by atoms with Gasteiger partial charge in [-0.2, -0.15) is 0 Å². The van der Waals surface area contributed by atoms with Crippen LogP contribution in [0.2, 0.25) is 0 Å². The molecule has 0 saturated heterocycles. The Morgan fingerprint density at radius 2 is 0.538 bits per heavy atom. The van der Waals surface area contributed by atoms with Gasteiger partial charge >= 0.3 is 0 Å². The predicted molar refractivity (Wildman–Crippen MR) is 49.1 cm³/mol. The van der Waals surface area contributed by atoms with Crippen LogP contribution in [0.1, 0.15) is 41.5 Å². The van der Waals surface area contributed by atoms with Crippen LogP contribution in [-0.4, -0.2) is 17.3 Å². The monoisotopic (exact) mass is 338 g/mol. The van der Waals surface area contributed by atoms with Crippen LogP contribution in [0.4, 0.5) is 0 Å². The number of rotatable bonds is 0. The molecule has 0 unspecified atom stereocenters. The van der Waals surface area contributed by atoms with Gasteiger partial charge in [-0.3, -0.25) is 0 Å². The summed E-state index contributed by atoms with van der Waals surface area (Å²) < 4.78 is 0. The second-order valence-corrected chi connectivity index (χ2v) is 2.72. The number of carbonyl (C=O) groups is 3. The molecule has 0 bridgehead atoms. The second kappa shape index (κ2) is 18.1. The number of hydrogen-bond acceptors (Lipinski definition) is 3. The third kappa shape index (κ3) is 16200. The summed E-state index contributed by atoms with van der Waals surface area (Å²) in [5.74, 6) is 0.500. The summed E-state index contributed by atoms with van der Waals surface area (Å²) in [4.78, 5) is 28.3. The van der Waals surface area contributed by atoms with Crippen molar-refractivity contribution in [3.63, 3.8) is 0 Å². The van der Waals surface area contributed by atoms with Gasteiger partial charge in [-0.1, -0.05) is 0 Å². The van der Waals surface area contributed by atoms with E-state index in [4.69, 9.17) is 0 Å². The van der Waals surface area contributed by atoms with E-state index in [1.54, 1.807) is 0 Å². The molecule has 0 fully saturated rings. The minimum absolute atomic E-state index is 0. The molecule has 0 aliphatic heterocycles. The zero-order valence-corrected chi connectivity index (χ0v) is 11.1. The smallest absolute Gasteiger partial charge is 0.126 e. The van der Waals surface area contributed by atoms with Crippen molar-refractivity contribution in [1.29, 1.82) is 0 Å². The molecule has 0 amide bonds. The topological polar surface area (TPSA) is 51.2 Å². The fraction of sp³-hybridized carbons (Fsp3) is 0.667. The van der Waals surface area contributed by atoms with Crippen molar-refractivity contribution in [2.75, 3.05) is 0 Å². The third-order valence-electron chi connectivity index (χ3n) is 0. The van der Waals surface area contributed by atoms with Crippen LogP contribution >= 0.6 is 0 Å². The van der Waals surface area contributed by atoms with E-state index in [0.717, 1.165) is 0 Å². The summed E-state index contributed by atoms with van der Waals surface area (Å²) in [6.07, 6.45) is 0. The van der Waals surface area contributed by atoms with Crippen molar-refractivity contribution in [2.45, 2.75) is 41.5 Å². The fourth-order valence-corrected chi connectivity index (χ4v) is 0. The summed E-state index contributed by atoms with van der Waals surface area (Å²) in [5, 5.41) is 0. The fourth-order valence-electron chi connectivity index (χ4n) is 0. The van der Waals surface area contributed by atoms with Crippen molar-refractivity contribution in [2.24, 2.45) is 0 Å². The van der Waals surface area contributed by atoms with Gasteiger partial charge in [-0.25, -0.2) is 0 Å². The molecule has 0 aromatic heterocycles. The van der Waals surface area contributed by atoms with Gasteiger partial charge < -0.3 is 14.4 Å². The van der Waals surface area contributed by atoms with Crippen molar-refractivity contribution < 1.29 is 52.6 Å². The number of hydrogen-bond donors (Lipinski definition) is 0. The first-order valence-electron chi connectivity index (χ1n) is 3.61. The van der Waals surface area contributed by atoms with E-state index in [2.05, 4.69) is 0 Å². The zero-order valence-electron chi connectivity index (χ0n) is 9.04. The van der Waals surface area contributed by atoms with E-state index in [-0.39, 0.29) is 55.5 Å². The maximum atomic E-state index is 9.44. The molecule has 0 N–H and O–H groups in total. The Morgan fingerprint density at radius 3 is 0.538 bits per heavy atom. The maximum absolute atomic E-state index is 9.44. The van der Waals surface area contributed by atoms with Crippen molar-refractivity contribution in [3.8, 4) is 0 Å². The van der Waals surface area contributed by atoms with E-state index in [9.17, 15) is 14.4 Å². The molecule has 13 heavy (non-hydrogen) atoms. The summed E-state index contributed by atoms with van der Waals surface area (Å²) in [6, 6.07) is 0. The number of Topliss-reactive ketones (excluding diaryl/α,β-unsaturated/α-hetero) is 3. The summed E-state index contributed by atoms with van der Waals surface area (Å²) >= 11 is 0. The molecule has 0 heterocycles. The summed E-state index contributed by atoms with van der Waals surface area (Å²) in [5.41, 5.74) is 0. The van der Waals surface area contributed by atoms with Gasteiger partial charge in [-0.15, -0.1) is 0 Å². The second-order valence-electron chi connectivity index (χ2n) is 2.72. The molecule has 0 aliphatic carbocycles. The molecule has 0 saturated carbocycles. The van der Waals surface area contributed by atoms with E-state index in [1.807, 2.05) is 0 Å². The Kier molecular flexibility index (Phi) is 32.5. The van der Waals surface area contributed by atoms with Crippen LogP contribution in [-0.2, 0) is 14.4 Å². The number of carbonyl (C=O) groups excluding carboxylic acids is 3. The van der Waals surface area contributed by atoms with Gasteiger partial charge in [0.2, 0.25) is 0 Å². The Labute approximate surface area is 111 Å². The first-order valence-corrected chi connectivity index (χ1v) is 3.61. The molecule has 4 heteroatoms. The van der Waals surface area contributed by atoms with Crippen molar-refractivity contribution in [1.82, 2.24) is 0 Å². The summed E-state index contributed by atoms with van der Waals surface area (Å²) in [7, 11) is 0. The van der Waals surface area contributed by atoms with Gasteiger partial charge in [0, 0.05) is 38.2 Å². The normalized spacial score (nSPS) is 6.00. The molecule has 0 atom stereocenters. The van der Waals surface area contributed by atoms with Gasteiger partial charge in [0.05, 0.1) is 0 Å². The standard InChI is InChI=1S/3C3H6O.Dy/c3*1-3(2)4;/h3*1-2H3;. The zero-order chi connectivity index (χ0) is 10.7. The van der Waals surface area contributed by atoms with E-state index >= 15 is 0 Å². The quantitative estimate of drug-likeness (QED) is 0.677. The van der Waals surface area contributed by atoms with Crippen molar-refractivity contribution >= 4 is 17.3 Å². The largest absolute Gasteiger partial charge is 0.300 e. The molecule has 0 aromatic rings. The first-order chi connectivity index (χ1) is 5.20. The van der Waals surface area contributed by atoms with Crippen molar-refractivity contribution in [3.05, 3.63) is 0 Å². The Balaban J connectivity index is -0.0000000450. The molecular formula is C9H18DyO3. The van der Waals surface area contributed by atoms with Crippen LogP contribution < -0.4 is 0 Å². The third-order valence-corrected chi connectivity index (χ3v) is 0. The predicted octanol–water partition coefficient (Wildman–Crippen LogP) is 1.79. The molecule has 0 radical (unpaired) electrons. The molecule has 0 aromatic carbocycles. The van der Waals surface area contributed by atoms with Crippen LogP contribution in [0, 0.1) is 38.2 Å². The average molecular weight is 337 g/mol. The molecule has 0 aliphatic rings. The van der Waals surface area contributed by atoms with E-state index < -0.39 is 0 Å². The minimum atomic E-state index is 0. The molecule has 82 valence electrons. The van der Waals surface area contributed by atoms with Crippen LogP contribution in [0.5, 0.6) is 0 Å².